The van der Waals surface area contributed by atoms with E-state index in [-0.39, 0.29) is 35.1 Å². The molecule has 2 amide bonds. The molecular weight excluding hydrogens is 312 g/mol. The van der Waals surface area contributed by atoms with Crippen LogP contribution in [0.3, 0.4) is 0 Å². The lowest BCUT2D eigenvalue weighted by Crippen LogP contribution is -2.37. The molecule has 0 spiro atoms. The van der Waals surface area contributed by atoms with Crippen molar-refractivity contribution in [2.45, 2.75) is 26.7 Å². The van der Waals surface area contributed by atoms with E-state index in [0.717, 1.165) is 30.3 Å². The molecule has 1 N–H and O–H groups in total. The second-order valence-electron chi connectivity index (χ2n) is 5.81. The van der Waals surface area contributed by atoms with Gasteiger partial charge in [-0.05, 0) is 24.5 Å². The van der Waals surface area contributed by atoms with E-state index in [9.17, 15) is 14.4 Å². The first kappa shape index (κ1) is 17.5. The summed E-state index contributed by atoms with van der Waals surface area (Å²) in [6, 6.07) is 7.88. The summed E-state index contributed by atoms with van der Waals surface area (Å²) in [5.41, 5.74) is 2.12. The maximum atomic E-state index is 12.4. The Balaban J connectivity index is 1.84. The van der Waals surface area contributed by atoms with Crippen LogP contribution >= 0.6 is 11.8 Å². The number of carbonyl (C=O) groups excluding carboxylic acids is 3. The van der Waals surface area contributed by atoms with Crippen LogP contribution in [0.5, 0.6) is 0 Å². The number of hydrogen-bond acceptors (Lipinski definition) is 4. The Bertz CT molecular complexity index is 601. The average molecular weight is 334 g/mol. The second-order valence-corrected chi connectivity index (χ2v) is 6.84. The van der Waals surface area contributed by atoms with Gasteiger partial charge in [-0.15, -0.1) is 0 Å². The van der Waals surface area contributed by atoms with Gasteiger partial charge in [-0.25, -0.2) is 0 Å². The Morgan fingerprint density at radius 1 is 1.26 bits per heavy atom. The summed E-state index contributed by atoms with van der Waals surface area (Å²) in [4.78, 5) is 37.3. The number of amides is 2. The van der Waals surface area contributed by atoms with Crippen molar-refractivity contribution in [3.8, 4) is 0 Å². The highest BCUT2D eigenvalue weighted by atomic mass is 32.2. The Morgan fingerprint density at radius 3 is 2.74 bits per heavy atom. The lowest BCUT2D eigenvalue weighted by molar-refractivity contribution is -0.125. The zero-order valence-electron chi connectivity index (χ0n) is 13.5. The third-order valence-corrected chi connectivity index (χ3v) is 4.56. The van der Waals surface area contributed by atoms with E-state index < -0.39 is 0 Å². The summed E-state index contributed by atoms with van der Waals surface area (Å²) in [7, 11) is 0. The van der Waals surface area contributed by atoms with Crippen molar-refractivity contribution in [2.24, 2.45) is 5.92 Å². The highest BCUT2D eigenvalue weighted by Crippen LogP contribution is 2.27. The molecular formula is C17H22N2O3S. The number of nitrogens with one attached hydrogen (secondary N) is 1. The van der Waals surface area contributed by atoms with Gasteiger partial charge in [0.2, 0.25) is 16.9 Å². The molecule has 0 radical (unpaired) electrons. The summed E-state index contributed by atoms with van der Waals surface area (Å²) in [6.45, 7) is 4.19. The fourth-order valence-corrected chi connectivity index (χ4v) is 3.04. The zero-order chi connectivity index (χ0) is 16.8. The number of benzene rings is 1. The van der Waals surface area contributed by atoms with E-state index in [1.54, 1.807) is 18.7 Å². The molecule has 1 aromatic carbocycles. The lowest BCUT2D eigenvalue weighted by Gasteiger charge is -2.29. The summed E-state index contributed by atoms with van der Waals surface area (Å²) < 4.78 is 0. The van der Waals surface area contributed by atoms with Crippen molar-refractivity contribution in [2.75, 3.05) is 23.7 Å². The minimum Gasteiger partial charge on any atom is -0.348 e. The second kappa shape index (κ2) is 8.15. The first-order valence-corrected chi connectivity index (χ1v) is 8.79. The van der Waals surface area contributed by atoms with Crippen molar-refractivity contribution in [3.63, 3.8) is 0 Å². The smallest absolute Gasteiger partial charge is 0.237 e. The number of fused-ring (bicyclic) bond motifs is 1. The molecule has 0 fully saturated rings. The number of aryl methyl sites for hydroxylation is 1. The molecule has 1 heterocycles. The third kappa shape index (κ3) is 4.82. The summed E-state index contributed by atoms with van der Waals surface area (Å²) in [5, 5.41) is 2.37. The molecule has 23 heavy (non-hydrogen) atoms. The van der Waals surface area contributed by atoms with Crippen molar-refractivity contribution < 1.29 is 14.4 Å². The minimum atomic E-state index is -0.197. The third-order valence-electron chi connectivity index (χ3n) is 3.70. The van der Waals surface area contributed by atoms with Gasteiger partial charge in [-0.1, -0.05) is 43.8 Å². The molecule has 6 heteroatoms. The van der Waals surface area contributed by atoms with Gasteiger partial charge in [0, 0.05) is 18.2 Å². The van der Waals surface area contributed by atoms with E-state index >= 15 is 0 Å². The normalized spacial score (nSPS) is 13.6. The van der Waals surface area contributed by atoms with Crippen molar-refractivity contribution in [1.29, 1.82) is 0 Å². The van der Waals surface area contributed by atoms with Gasteiger partial charge >= 0.3 is 0 Å². The number of nitrogens with zero attached hydrogens (tertiary/aromatic N) is 1. The van der Waals surface area contributed by atoms with Crippen LogP contribution in [-0.2, 0) is 20.8 Å². The fraction of sp³-hybridized carbons (Fsp3) is 0.471. The first-order chi connectivity index (χ1) is 11.0. The number of para-hydroxylation sites is 1. The van der Waals surface area contributed by atoms with Crippen LogP contribution in [0.2, 0.25) is 0 Å². The highest BCUT2D eigenvalue weighted by molar-refractivity contribution is 8.14. The molecule has 0 aliphatic carbocycles. The standard InChI is InChI=1S/C17H22N2O3S/c1-12(2)17(22)18-10-16(21)23-11-15(20)19-9-5-7-13-6-3-4-8-14(13)19/h3-4,6,8,12H,5,7,9-11H2,1-2H3,(H,18,22). The van der Waals surface area contributed by atoms with Crippen molar-refractivity contribution >= 4 is 34.4 Å². The zero-order valence-corrected chi connectivity index (χ0v) is 14.3. The predicted octanol–water partition coefficient (Wildman–Crippen LogP) is 2.00. The maximum absolute atomic E-state index is 12.4. The fourth-order valence-electron chi connectivity index (χ4n) is 2.43. The summed E-state index contributed by atoms with van der Waals surface area (Å²) in [5.74, 6) is -0.273. The number of rotatable bonds is 5. The topological polar surface area (TPSA) is 66.5 Å². The van der Waals surface area contributed by atoms with Crippen LogP contribution in [-0.4, -0.2) is 35.8 Å². The molecule has 0 saturated heterocycles. The number of thioether (sulfide) groups is 1. The number of anilines is 1. The van der Waals surface area contributed by atoms with Crippen LogP contribution in [0.15, 0.2) is 24.3 Å². The molecule has 124 valence electrons. The van der Waals surface area contributed by atoms with Gasteiger partial charge in [-0.3, -0.25) is 14.4 Å². The maximum Gasteiger partial charge on any atom is 0.237 e. The Labute approximate surface area is 140 Å². The molecule has 0 saturated carbocycles. The van der Waals surface area contributed by atoms with Gasteiger partial charge in [0.25, 0.3) is 0 Å². The molecule has 5 nitrogen and oxygen atoms in total. The summed E-state index contributed by atoms with van der Waals surface area (Å²) in [6.07, 6.45) is 1.92. The van der Waals surface area contributed by atoms with E-state index in [2.05, 4.69) is 5.32 Å². The number of hydrogen-bond donors (Lipinski definition) is 1. The van der Waals surface area contributed by atoms with Gasteiger partial charge in [0.15, 0.2) is 0 Å². The SMILES string of the molecule is CC(C)C(=O)NCC(=O)SCC(=O)N1CCCc2ccccc21. The van der Waals surface area contributed by atoms with Crippen molar-refractivity contribution in [1.82, 2.24) is 5.32 Å². The molecule has 1 aliphatic rings. The molecule has 2 rings (SSSR count). The van der Waals surface area contributed by atoms with Crippen LogP contribution in [0.1, 0.15) is 25.8 Å². The molecule has 0 unspecified atom stereocenters. The van der Waals surface area contributed by atoms with Gasteiger partial charge in [-0.2, -0.15) is 0 Å². The Morgan fingerprint density at radius 2 is 2.00 bits per heavy atom. The van der Waals surface area contributed by atoms with Gasteiger partial charge < -0.3 is 10.2 Å². The molecule has 0 aromatic heterocycles. The molecule has 1 aliphatic heterocycles. The predicted molar refractivity (Wildman–Crippen MR) is 92.4 cm³/mol. The first-order valence-electron chi connectivity index (χ1n) is 7.80. The molecule has 0 bridgehead atoms. The van der Waals surface area contributed by atoms with E-state index in [0.29, 0.717) is 6.54 Å². The molecule has 0 atom stereocenters. The Kier molecular flexibility index (Phi) is 6.21. The lowest BCUT2D eigenvalue weighted by atomic mass is 10.0. The quantitative estimate of drug-likeness (QED) is 0.894. The van der Waals surface area contributed by atoms with Crippen LogP contribution < -0.4 is 10.2 Å². The largest absolute Gasteiger partial charge is 0.348 e. The minimum absolute atomic E-state index is 0.0362. The van der Waals surface area contributed by atoms with Gasteiger partial charge in [0.1, 0.15) is 0 Å². The van der Waals surface area contributed by atoms with Gasteiger partial charge in [0.05, 0.1) is 12.3 Å². The highest BCUT2D eigenvalue weighted by Gasteiger charge is 2.22. The molecule has 1 aromatic rings. The van der Waals surface area contributed by atoms with Crippen LogP contribution in [0.25, 0.3) is 0 Å². The monoisotopic (exact) mass is 334 g/mol. The van der Waals surface area contributed by atoms with E-state index in [1.165, 1.54) is 5.56 Å². The van der Waals surface area contributed by atoms with E-state index in [4.69, 9.17) is 0 Å². The van der Waals surface area contributed by atoms with E-state index in [1.807, 2.05) is 24.3 Å². The van der Waals surface area contributed by atoms with Crippen molar-refractivity contribution in [3.05, 3.63) is 29.8 Å². The number of carbonyl (C=O) groups is 3. The summed E-state index contributed by atoms with van der Waals surface area (Å²) >= 11 is 0.962. The average Bonchev–Trinajstić information content (AvgIpc) is 2.56. The van der Waals surface area contributed by atoms with Crippen LogP contribution in [0.4, 0.5) is 5.69 Å². The Hall–Kier alpha value is -1.82. The van der Waals surface area contributed by atoms with Crippen LogP contribution in [0, 0.1) is 5.92 Å².